The Morgan fingerprint density at radius 3 is 1.75 bits per heavy atom. The van der Waals surface area contributed by atoms with E-state index in [4.69, 9.17) is 4.42 Å². The average Bonchev–Trinajstić information content (AvgIpc) is 3.78. The molecule has 0 unspecified atom stereocenters. The van der Waals surface area contributed by atoms with Crippen molar-refractivity contribution in [3.8, 4) is 55.6 Å². The van der Waals surface area contributed by atoms with Crippen molar-refractivity contribution in [3.63, 3.8) is 0 Å². The second-order valence-electron chi connectivity index (χ2n) is 16.0. The van der Waals surface area contributed by atoms with E-state index < -0.39 is 0 Å². The normalized spacial score (nSPS) is 12.7. The minimum absolute atomic E-state index is 0.150. The minimum atomic E-state index is -0.150. The van der Waals surface area contributed by atoms with Crippen LogP contribution in [0.2, 0.25) is 0 Å². The van der Waals surface area contributed by atoms with E-state index in [9.17, 15) is 0 Å². The summed E-state index contributed by atoms with van der Waals surface area (Å²) in [6, 6.07) is 76.9. The Balaban J connectivity index is 1.19. The number of furan rings is 1. The molecule has 59 heavy (non-hydrogen) atoms. The predicted octanol–water partition coefficient (Wildman–Crippen LogP) is 16.0. The maximum absolute atomic E-state index is 6.57. The van der Waals surface area contributed by atoms with Gasteiger partial charge in [0.2, 0.25) is 0 Å². The molecule has 0 bridgehead atoms. The topological polar surface area (TPSA) is 16.4 Å². The van der Waals surface area contributed by atoms with Gasteiger partial charge in [-0.1, -0.05) is 184 Å². The Bertz CT molecular complexity index is 3190. The van der Waals surface area contributed by atoms with Crippen molar-refractivity contribution >= 4 is 39.0 Å². The molecule has 0 atom stereocenters. The highest BCUT2D eigenvalue weighted by atomic mass is 16.3. The van der Waals surface area contributed by atoms with Crippen LogP contribution in [0.5, 0.6) is 0 Å². The predicted molar refractivity (Wildman–Crippen MR) is 248 cm³/mol. The van der Waals surface area contributed by atoms with Crippen molar-refractivity contribution in [1.82, 2.24) is 0 Å². The molecule has 10 aromatic rings. The third-order valence-corrected chi connectivity index (χ3v) is 12.3. The van der Waals surface area contributed by atoms with Gasteiger partial charge in [-0.15, -0.1) is 0 Å². The van der Waals surface area contributed by atoms with E-state index in [2.05, 4.69) is 225 Å². The lowest BCUT2D eigenvalue weighted by Crippen LogP contribution is -2.16. The Hall–Kier alpha value is -7.42. The largest absolute Gasteiger partial charge is 0.456 e. The highest BCUT2D eigenvalue weighted by Crippen LogP contribution is 2.53. The van der Waals surface area contributed by atoms with Crippen LogP contribution in [0.4, 0.5) is 17.1 Å². The molecule has 0 saturated carbocycles. The summed E-state index contributed by atoms with van der Waals surface area (Å²) in [5.74, 6) is 0. The van der Waals surface area contributed by atoms with Crippen molar-refractivity contribution in [2.45, 2.75) is 19.3 Å². The van der Waals surface area contributed by atoms with Gasteiger partial charge in [0, 0.05) is 39.2 Å². The van der Waals surface area contributed by atoms with Crippen molar-refractivity contribution in [1.29, 1.82) is 0 Å². The Morgan fingerprint density at radius 1 is 0.373 bits per heavy atom. The van der Waals surface area contributed by atoms with Gasteiger partial charge in [-0.25, -0.2) is 0 Å². The van der Waals surface area contributed by atoms with Crippen LogP contribution in [0.3, 0.4) is 0 Å². The lowest BCUT2D eigenvalue weighted by Gasteiger charge is -2.30. The number of para-hydroxylation sites is 1. The molecule has 0 aliphatic heterocycles. The second kappa shape index (κ2) is 13.9. The fraction of sp³-hybridized carbons (Fsp3) is 0.0526. The SMILES string of the molecule is CC1(C)c2ccccc2-c2cccc(-c3cccc(N(c4ccc5c(c4)oc4ccccc45)c4cccc(-c5ccccc5)c4-c4ccccc4-c4ccccc4)c3)c21. The van der Waals surface area contributed by atoms with Crippen molar-refractivity contribution in [2.24, 2.45) is 0 Å². The summed E-state index contributed by atoms with van der Waals surface area (Å²) >= 11 is 0. The zero-order chi connectivity index (χ0) is 39.5. The summed E-state index contributed by atoms with van der Waals surface area (Å²) in [5, 5.41) is 2.22. The molecule has 0 spiro atoms. The number of benzene rings is 9. The van der Waals surface area contributed by atoms with E-state index in [0.717, 1.165) is 55.7 Å². The molecule has 1 heterocycles. The van der Waals surface area contributed by atoms with Gasteiger partial charge < -0.3 is 9.32 Å². The van der Waals surface area contributed by atoms with Gasteiger partial charge in [0.1, 0.15) is 11.2 Å². The lowest BCUT2D eigenvalue weighted by molar-refractivity contribution is 0.662. The molecule has 0 fully saturated rings. The van der Waals surface area contributed by atoms with E-state index in [1.54, 1.807) is 0 Å². The van der Waals surface area contributed by atoms with Crippen LogP contribution >= 0.6 is 0 Å². The number of anilines is 3. The van der Waals surface area contributed by atoms with Gasteiger partial charge in [0.15, 0.2) is 0 Å². The number of hydrogen-bond acceptors (Lipinski definition) is 2. The minimum Gasteiger partial charge on any atom is -0.456 e. The van der Waals surface area contributed by atoms with E-state index >= 15 is 0 Å². The average molecular weight is 756 g/mol. The van der Waals surface area contributed by atoms with E-state index in [0.29, 0.717) is 0 Å². The second-order valence-corrected chi connectivity index (χ2v) is 16.0. The molecule has 1 aliphatic rings. The zero-order valence-electron chi connectivity index (χ0n) is 33.1. The molecule has 11 rings (SSSR count). The molecular weight excluding hydrogens is 715 g/mol. The molecule has 0 saturated heterocycles. The lowest BCUT2D eigenvalue weighted by atomic mass is 9.79. The Labute approximate surface area is 345 Å². The van der Waals surface area contributed by atoms with Crippen LogP contribution in [0.25, 0.3) is 77.6 Å². The first-order valence-electron chi connectivity index (χ1n) is 20.4. The monoisotopic (exact) mass is 755 g/mol. The zero-order valence-corrected chi connectivity index (χ0v) is 33.1. The number of rotatable bonds is 7. The molecule has 9 aromatic carbocycles. The fourth-order valence-corrected chi connectivity index (χ4v) is 9.62. The summed E-state index contributed by atoms with van der Waals surface area (Å²) in [4.78, 5) is 2.43. The number of fused-ring (bicyclic) bond motifs is 6. The summed E-state index contributed by atoms with van der Waals surface area (Å²) in [6.45, 7) is 4.73. The highest BCUT2D eigenvalue weighted by molar-refractivity contribution is 6.07. The molecule has 2 heteroatoms. The van der Waals surface area contributed by atoms with Crippen molar-refractivity contribution < 1.29 is 4.42 Å². The van der Waals surface area contributed by atoms with Crippen LogP contribution in [-0.4, -0.2) is 0 Å². The van der Waals surface area contributed by atoms with Gasteiger partial charge in [-0.2, -0.15) is 0 Å². The summed E-state index contributed by atoms with van der Waals surface area (Å²) in [5.41, 5.74) is 19.6. The van der Waals surface area contributed by atoms with Crippen molar-refractivity contribution in [2.75, 3.05) is 4.90 Å². The summed E-state index contributed by atoms with van der Waals surface area (Å²) in [7, 11) is 0. The highest BCUT2D eigenvalue weighted by Gasteiger charge is 2.37. The van der Waals surface area contributed by atoms with Gasteiger partial charge in [-0.3, -0.25) is 0 Å². The van der Waals surface area contributed by atoms with E-state index in [1.807, 2.05) is 6.07 Å². The first-order chi connectivity index (χ1) is 29.0. The van der Waals surface area contributed by atoms with Crippen LogP contribution in [0, 0.1) is 0 Å². The summed E-state index contributed by atoms with van der Waals surface area (Å²) in [6.07, 6.45) is 0. The van der Waals surface area contributed by atoms with Gasteiger partial charge in [0.25, 0.3) is 0 Å². The first kappa shape index (κ1) is 34.8. The van der Waals surface area contributed by atoms with Crippen LogP contribution < -0.4 is 4.90 Å². The van der Waals surface area contributed by atoms with Gasteiger partial charge in [-0.05, 0) is 97.6 Å². The van der Waals surface area contributed by atoms with Crippen LogP contribution in [-0.2, 0) is 5.41 Å². The van der Waals surface area contributed by atoms with E-state index in [-0.39, 0.29) is 5.41 Å². The van der Waals surface area contributed by atoms with Crippen LogP contribution in [0.1, 0.15) is 25.0 Å². The van der Waals surface area contributed by atoms with Gasteiger partial charge in [0.05, 0.1) is 5.69 Å². The molecular formula is C57H41NO. The fourth-order valence-electron chi connectivity index (χ4n) is 9.62. The maximum atomic E-state index is 6.57. The van der Waals surface area contributed by atoms with Crippen molar-refractivity contribution in [3.05, 3.63) is 223 Å². The molecule has 2 nitrogen and oxygen atoms in total. The molecule has 0 amide bonds. The standard InChI is InChI=1S/C57H41NO/c1-57(2)51-31-13-11-25-46(51)50-30-16-29-45(56(50)57)40-22-15-23-41(36-40)58(42-34-35-48-47-26-12-14-33-53(47)59-54(48)37-42)52-32-17-28-44(39-20-7-4-8-21-39)55(52)49-27-10-9-24-43(49)38-18-5-3-6-19-38/h3-37H,1-2H3. The third kappa shape index (κ3) is 5.71. The van der Waals surface area contributed by atoms with Gasteiger partial charge >= 0.3 is 0 Å². The third-order valence-electron chi connectivity index (χ3n) is 12.3. The molecule has 1 aliphatic carbocycles. The quantitative estimate of drug-likeness (QED) is 0.161. The first-order valence-corrected chi connectivity index (χ1v) is 20.4. The summed E-state index contributed by atoms with van der Waals surface area (Å²) < 4.78 is 6.57. The molecule has 280 valence electrons. The Kier molecular flexibility index (Phi) is 8.20. The maximum Gasteiger partial charge on any atom is 0.137 e. The van der Waals surface area contributed by atoms with E-state index in [1.165, 1.54) is 50.1 Å². The molecule has 1 aromatic heterocycles. The number of hydrogen-bond donors (Lipinski definition) is 0. The smallest absolute Gasteiger partial charge is 0.137 e. The molecule has 0 N–H and O–H groups in total. The van der Waals surface area contributed by atoms with Crippen LogP contribution in [0.15, 0.2) is 217 Å². The molecule has 0 radical (unpaired) electrons. The number of nitrogens with zero attached hydrogens (tertiary/aromatic N) is 1. The Morgan fingerprint density at radius 2 is 0.932 bits per heavy atom.